The van der Waals surface area contributed by atoms with Gasteiger partial charge >= 0.3 is 5.69 Å². The topological polar surface area (TPSA) is 79.0 Å². The lowest BCUT2D eigenvalue weighted by Crippen LogP contribution is -2.21. The van der Waals surface area contributed by atoms with Gasteiger partial charge in [-0.1, -0.05) is 13.0 Å². The van der Waals surface area contributed by atoms with E-state index >= 15 is 0 Å². The molecule has 0 amide bonds. The number of rotatable bonds is 6. The number of nitrogens with zero attached hydrogens (tertiary/aromatic N) is 2. The van der Waals surface area contributed by atoms with E-state index in [2.05, 4.69) is 5.32 Å². The average Bonchev–Trinajstić information content (AvgIpc) is 2.37. The van der Waals surface area contributed by atoms with Gasteiger partial charge in [-0.2, -0.15) is 17.0 Å². The smallest absolute Gasteiger partial charge is 0.309 e. The molecule has 0 radical (unpaired) electrons. The first-order valence-electron chi connectivity index (χ1n) is 5.57. The summed E-state index contributed by atoms with van der Waals surface area (Å²) in [5, 5.41) is 23.1. The monoisotopic (exact) mass is 265 g/mol. The van der Waals surface area contributed by atoms with Gasteiger partial charge in [0.05, 0.1) is 4.92 Å². The number of hydrogen-bond donors (Lipinski definition) is 1. The maximum absolute atomic E-state index is 11.0. The minimum absolute atomic E-state index is 0.0870. The summed E-state index contributed by atoms with van der Waals surface area (Å²) >= 11 is 1.68. The molecule has 0 heterocycles. The highest BCUT2D eigenvalue weighted by Gasteiger charge is 2.20. The van der Waals surface area contributed by atoms with Gasteiger partial charge < -0.3 is 5.32 Å². The van der Waals surface area contributed by atoms with Gasteiger partial charge in [-0.3, -0.25) is 10.1 Å². The Morgan fingerprint density at radius 3 is 2.83 bits per heavy atom. The van der Waals surface area contributed by atoms with Gasteiger partial charge in [-0.05, 0) is 24.8 Å². The number of nitro benzene ring substituents is 1. The number of benzene rings is 1. The van der Waals surface area contributed by atoms with Crippen LogP contribution in [0.15, 0.2) is 18.2 Å². The molecule has 1 aromatic carbocycles. The highest BCUT2D eigenvalue weighted by atomic mass is 32.2. The Kier molecular flexibility index (Phi) is 5.46. The van der Waals surface area contributed by atoms with Crippen molar-refractivity contribution in [2.75, 3.05) is 17.3 Å². The second-order valence-electron chi connectivity index (χ2n) is 3.78. The van der Waals surface area contributed by atoms with Crippen LogP contribution in [0.2, 0.25) is 0 Å². The van der Waals surface area contributed by atoms with E-state index in [0.29, 0.717) is 5.69 Å². The summed E-state index contributed by atoms with van der Waals surface area (Å²) in [7, 11) is 0. The zero-order valence-electron chi connectivity index (χ0n) is 10.3. The fourth-order valence-electron chi connectivity index (χ4n) is 1.63. The minimum atomic E-state index is -0.507. The third-order valence-electron chi connectivity index (χ3n) is 2.56. The maximum Gasteiger partial charge on any atom is 0.309 e. The Morgan fingerprint density at radius 2 is 2.33 bits per heavy atom. The molecule has 0 spiro atoms. The predicted molar refractivity (Wildman–Crippen MR) is 73.9 cm³/mol. The maximum atomic E-state index is 11.0. The zero-order chi connectivity index (χ0) is 13.5. The van der Waals surface area contributed by atoms with Crippen molar-refractivity contribution in [2.45, 2.75) is 19.4 Å². The number of anilines is 1. The molecule has 0 aliphatic rings. The number of thioether (sulfide) groups is 1. The second kappa shape index (κ2) is 6.87. The molecule has 0 aromatic heterocycles. The molecule has 1 N–H and O–H groups in total. The van der Waals surface area contributed by atoms with Crippen molar-refractivity contribution in [3.63, 3.8) is 0 Å². The van der Waals surface area contributed by atoms with Gasteiger partial charge in [-0.15, -0.1) is 0 Å². The van der Waals surface area contributed by atoms with Crippen LogP contribution in [0.4, 0.5) is 11.4 Å². The van der Waals surface area contributed by atoms with E-state index in [1.54, 1.807) is 23.9 Å². The quantitative estimate of drug-likeness (QED) is 0.631. The third-order valence-corrected chi connectivity index (χ3v) is 3.30. The Labute approximate surface area is 110 Å². The van der Waals surface area contributed by atoms with Gasteiger partial charge in [0.1, 0.15) is 17.3 Å². The van der Waals surface area contributed by atoms with Crippen molar-refractivity contribution in [3.8, 4) is 6.07 Å². The van der Waals surface area contributed by atoms with E-state index < -0.39 is 4.92 Å². The average molecular weight is 265 g/mol. The number of nitrogens with one attached hydrogen (secondary N) is 1. The van der Waals surface area contributed by atoms with E-state index in [1.165, 1.54) is 6.07 Å². The first-order valence-corrected chi connectivity index (χ1v) is 6.96. The largest absolute Gasteiger partial charge is 0.376 e. The predicted octanol–water partition coefficient (Wildman–Crippen LogP) is 3.02. The first kappa shape index (κ1) is 14.3. The van der Waals surface area contributed by atoms with E-state index in [-0.39, 0.29) is 17.3 Å². The number of para-hydroxylation sites is 1. The summed E-state index contributed by atoms with van der Waals surface area (Å²) in [6, 6.07) is 6.76. The molecule has 1 unspecified atom stereocenters. The van der Waals surface area contributed by atoms with Crippen molar-refractivity contribution >= 4 is 23.1 Å². The van der Waals surface area contributed by atoms with Gasteiger partial charge in [0, 0.05) is 11.8 Å². The lowest BCUT2D eigenvalue weighted by atomic mass is 10.1. The standard InChI is InChI=1S/C12H15N3O2S/c1-3-10(8-18-2)14-11-6-4-5-9(7-13)12(11)15(16)17/h4-6,10,14H,3,8H2,1-2H3. The third kappa shape index (κ3) is 3.37. The molecular formula is C12H15N3O2S. The summed E-state index contributed by atoms with van der Waals surface area (Å²) in [6.45, 7) is 2.02. The number of hydrogen-bond acceptors (Lipinski definition) is 5. The summed E-state index contributed by atoms with van der Waals surface area (Å²) in [5.41, 5.74) is 0.364. The van der Waals surface area contributed by atoms with Crippen molar-refractivity contribution in [3.05, 3.63) is 33.9 Å². The zero-order valence-corrected chi connectivity index (χ0v) is 11.2. The summed E-state index contributed by atoms with van der Waals surface area (Å²) in [4.78, 5) is 10.5. The van der Waals surface area contributed by atoms with E-state index in [1.807, 2.05) is 19.2 Å². The minimum Gasteiger partial charge on any atom is -0.376 e. The highest BCUT2D eigenvalue weighted by molar-refractivity contribution is 7.98. The van der Waals surface area contributed by atoms with Crippen molar-refractivity contribution in [1.29, 1.82) is 5.26 Å². The van der Waals surface area contributed by atoms with E-state index in [4.69, 9.17) is 5.26 Å². The molecular weight excluding hydrogens is 250 g/mol. The molecule has 0 bridgehead atoms. The second-order valence-corrected chi connectivity index (χ2v) is 4.69. The Balaban J connectivity index is 3.08. The lowest BCUT2D eigenvalue weighted by molar-refractivity contribution is -0.384. The fraction of sp³-hybridized carbons (Fsp3) is 0.417. The molecule has 0 aliphatic heterocycles. The summed E-state index contributed by atoms with van der Waals surface area (Å²) < 4.78 is 0. The molecule has 96 valence electrons. The van der Waals surface area contributed by atoms with Crippen LogP contribution >= 0.6 is 11.8 Å². The summed E-state index contributed by atoms with van der Waals surface area (Å²) in [6.07, 6.45) is 2.86. The fourth-order valence-corrected chi connectivity index (χ4v) is 2.35. The number of nitro groups is 1. The molecule has 0 aliphatic carbocycles. The van der Waals surface area contributed by atoms with Crippen LogP contribution in [-0.4, -0.2) is 23.0 Å². The molecule has 1 rings (SSSR count). The lowest BCUT2D eigenvalue weighted by Gasteiger charge is -2.17. The Bertz CT molecular complexity index is 471. The van der Waals surface area contributed by atoms with E-state index in [9.17, 15) is 10.1 Å². The molecule has 18 heavy (non-hydrogen) atoms. The molecule has 0 saturated carbocycles. The molecule has 1 atom stereocenters. The molecule has 0 saturated heterocycles. The highest BCUT2D eigenvalue weighted by Crippen LogP contribution is 2.29. The van der Waals surface area contributed by atoms with Gasteiger partial charge in [0.2, 0.25) is 0 Å². The van der Waals surface area contributed by atoms with Crippen LogP contribution in [-0.2, 0) is 0 Å². The van der Waals surface area contributed by atoms with Crippen molar-refractivity contribution in [1.82, 2.24) is 0 Å². The Hall–Kier alpha value is -1.74. The molecule has 1 aromatic rings. The molecule has 5 nitrogen and oxygen atoms in total. The van der Waals surface area contributed by atoms with Crippen LogP contribution in [0.5, 0.6) is 0 Å². The summed E-state index contributed by atoms with van der Waals surface area (Å²) in [5.74, 6) is 0.866. The van der Waals surface area contributed by atoms with E-state index in [0.717, 1.165) is 12.2 Å². The molecule has 6 heteroatoms. The van der Waals surface area contributed by atoms with Gasteiger partial charge in [0.25, 0.3) is 0 Å². The SMILES string of the molecule is CCC(CSC)Nc1cccc(C#N)c1[N+](=O)[O-]. The van der Waals surface area contributed by atoms with Crippen molar-refractivity contribution < 1.29 is 4.92 Å². The van der Waals surface area contributed by atoms with Crippen molar-refractivity contribution in [2.24, 2.45) is 0 Å². The van der Waals surface area contributed by atoms with Crippen LogP contribution in [0.1, 0.15) is 18.9 Å². The first-order chi connectivity index (χ1) is 8.63. The normalized spacial score (nSPS) is 11.6. The Morgan fingerprint density at radius 1 is 1.61 bits per heavy atom. The van der Waals surface area contributed by atoms with Gasteiger partial charge in [0.15, 0.2) is 0 Å². The molecule has 0 fully saturated rings. The van der Waals surface area contributed by atoms with Crippen LogP contribution in [0.25, 0.3) is 0 Å². The van der Waals surface area contributed by atoms with Crippen LogP contribution in [0, 0.1) is 21.4 Å². The number of nitriles is 1. The van der Waals surface area contributed by atoms with Crippen LogP contribution in [0.3, 0.4) is 0 Å². The van der Waals surface area contributed by atoms with Crippen LogP contribution < -0.4 is 5.32 Å². The van der Waals surface area contributed by atoms with Gasteiger partial charge in [-0.25, -0.2) is 0 Å².